The Morgan fingerprint density at radius 2 is 1.94 bits per heavy atom. The minimum atomic E-state index is -0.355. The van der Waals surface area contributed by atoms with Crippen LogP contribution in [-0.2, 0) is 5.54 Å². The second kappa shape index (κ2) is 6.43. The van der Waals surface area contributed by atoms with Crippen LogP contribution in [0.2, 0.25) is 0 Å². The van der Waals surface area contributed by atoms with Crippen LogP contribution in [0.25, 0.3) is 0 Å². The quantitative estimate of drug-likeness (QED) is 0.764. The number of rotatable bonds is 6. The summed E-state index contributed by atoms with van der Waals surface area (Å²) in [7, 11) is 0. The van der Waals surface area contributed by atoms with Gasteiger partial charge in [0.25, 0.3) is 0 Å². The third-order valence-corrected chi connectivity index (χ3v) is 3.96. The molecule has 1 rings (SSSR count). The van der Waals surface area contributed by atoms with Gasteiger partial charge in [0.1, 0.15) is 0 Å². The van der Waals surface area contributed by atoms with Crippen LogP contribution in [0.4, 0.5) is 0 Å². The van der Waals surface area contributed by atoms with Gasteiger partial charge in [0, 0.05) is 10.9 Å². The molecule has 0 fully saturated rings. The number of nitrogens with one attached hydrogen (secondary N) is 1. The number of hydrogen-bond acceptors (Lipinski definition) is 3. The average Bonchev–Trinajstić information content (AvgIpc) is 2.38. The molecule has 0 spiro atoms. The van der Waals surface area contributed by atoms with E-state index in [1.165, 1.54) is 4.90 Å². The zero-order valence-corrected chi connectivity index (χ0v) is 12.0. The van der Waals surface area contributed by atoms with Gasteiger partial charge in [-0.1, -0.05) is 19.1 Å². The third-order valence-electron chi connectivity index (χ3n) is 3.22. The van der Waals surface area contributed by atoms with Crippen LogP contribution < -0.4 is 5.32 Å². The molecule has 2 N–H and O–H groups in total. The molecule has 0 radical (unpaired) electrons. The Morgan fingerprint density at radius 1 is 1.35 bits per heavy atom. The van der Waals surface area contributed by atoms with E-state index in [2.05, 4.69) is 49.7 Å². The molecule has 2 unspecified atom stereocenters. The fraction of sp³-hybridized carbons (Fsp3) is 0.571. The Balaban J connectivity index is 2.90. The molecule has 2 atom stereocenters. The molecular weight excluding hydrogens is 230 g/mol. The smallest absolute Gasteiger partial charge is 0.0652 e. The zero-order valence-electron chi connectivity index (χ0n) is 11.2. The maximum absolute atomic E-state index is 9.64. The van der Waals surface area contributed by atoms with Crippen LogP contribution in [0.1, 0.15) is 32.8 Å². The van der Waals surface area contributed by atoms with Crippen LogP contribution >= 0.6 is 11.8 Å². The minimum Gasteiger partial charge on any atom is -0.394 e. The Bertz CT molecular complexity index is 339. The Kier molecular flexibility index (Phi) is 5.50. The predicted octanol–water partition coefficient (Wildman–Crippen LogP) is 3.00. The summed E-state index contributed by atoms with van der Waals surface area (Å²) in [6, 6.07) is 8.79. The molecule has 0 saturated carbocycles. The fourth-order valence-corrected chi connectivity index (χ4v) is 2.23. The van der Waals surface area contributed by atoms with Crippen LogP contribution in [0.3, 0.4) is 0 Å². The van der Waals surface area contributed by atoms with Crippen molar-refractivity contribution in [2.75, 3.05) is 12.9 Å². The van der Waals surface area contributed by atoms with E-state index in [0.717, 1.165) is 12.0 Å². The SMILES string of the molecule is CCC(C)NC(C)(CO)c1ccc(SC)cc1. The number of benzene rings is 1. The zero-order chi connectivity index (χ0) is 12.9. The molecule has 0 aliphatic rings. The van der Waals surface area contributed by atoms with Crippen molar-refractivity contribution in [2.45, 2.75) is 43.7 Å². The van der Waals surface area contributed by atoms with Crippen molar-refractivity contribution in [1.29, 1.82) is 0 Å². The Labute approximate surface area is 109 Å². The lowest BCUT2D eigenvalue weighted by atomic mass is 9.92. The van der Waals surface area contributed by atoms with Gasteiger partial charge in [0.05, 0.1) is 12.1 Å². The standard InChI is InChI=1S/C14H23NOS/c1-5-11(2)15-14(3,10-16)12-6-8-13(17-4)9-7-12/h6-9,11,15-16H,5,10H2,1-4H3. The summed E-state index contributed by atoms with van der Waals surface area (Å²) in [6.07, 6.45) is 3.12. The highest BCUT2D eigenvalue weighted by atomic mass is 32.2. The Hall–Kier alpha value is -0.510. The van der Waals surface area contributed by atoms with E-state index in [-0.39, 0.29) is 12.1 Å². The summed E-state index contributed by atoms with van der Waals surface area (Å²) in [6.45, 7) is 6.44. The molecule has 1 aromatic carbocycles. The first-order chi connectivity index (χ1) is 8.05. The average molecular weight is 253 g/mol. The topological polar surface area (TPSA) is 32.3 Å². The van der Waals surface area contributed by atoms with Crippen molar-refractivity contribution < 1.29 is 5.11 Å². The monoisotopic (exact) mass is 253 g/mol. The summed E-state index contributed by atoms with van der Waals surface area (Å²) < 4.78 is 0. The van der Waals surface area contributed by atoms with Crippen molar-refractivity contribution in [3.63, 3.8) is 0 Å². The molecular formula is C14H23NOS. The van der Waals surface area contributed by atoms with Crippen LogP contribution in [0.15, 0.2) is 29.2 Å². The number of hydrogen-bond donors (Lipinski definition) is 2. The van der Waals surface area contributed by atoms with E-state index in [4.69, 9.17) is 0 Å². The van der Waals surface area contributed by atoms with E-state index in [9.17, 15) is 5.11 Å². The molecule has 2 nitrogen and oxygen atoms in total. The summed E-state index contributed by atoms with van der Waals surface area (Å²) in [5.41, 5.74) is 0.782. The third kappa shape index (κ3) is 3.73. The molecule has 0 aromatic heterocycles. The van der Waals surface area contributed by atoms with E-state index < -0.39 is 0 Å². The first-order valence-electron chi connectivity index (χ1n) is 6.08. The first-order valence-corrected chi connectivity index (χ1v) is 7.31. The molecule has 0 bridgehead atoms. The van der Waals surface area contributed by atoms with Gasteiger partial charge in [0.15, 0.2) is 0 Å². The number of aliphatic hydroxyl groups excluding tert-OH is 1. The van der Waals surface area contributed by atoms with Gasteiger partial charge in [-0.2, -0.15) is 0 Å². The van der Waals surface area contributed by atoms with Crippen molar-refractivity contribution in [3.05, 3.63) is 29.8 Å². The molecule has 17 heavy (non-hydrogen) atoms. The van der Waals surface area contributed by atoms with Gasteiger partial charge in [-0.3, -0.25) is 0 Å². The van der Waals surface area contributed by atoms with Gasteiger partial charge in [-0.15, -0.1) is 11.8 Å². The number of aliphatic hydroxyl groups is 1. The molecule has 3 heteroatoms. The maximum atomic E-state index is 9.64. The lowest BCUT2D eigenvalue weighted by Gasteiger charge is -2.32. The lowest BCUT2D eigenvalue weighted by Crippen LogP contribution is -2.47. The first kappa shape index (κ1) is 14.6. The fourth-order valence-electron chi connectivity index (χ4n) is 1.83. The minimum absolute atomic E-state index is 0.107. The van der Waals surface area contributed by atoms with E-state index in [1.807, 2.05) is 6.92 Å². The van der Waals surface area contributed by atoms with E-state index in [0.29, 0.717) is 6.04 Å². The maximum Gasteiger partial charge on any atom is 0.0652 e. The summed E-state index contributed by atoms with van der Waals surface area (Å²) >= 11 is 1.73. The summed E-state index contributed by atoms with van der Waals surface area (Å²) in [5.74, 6) is 0. The van der Waals surface area contributed by atoms with Gasteiger partial charge in [-0.25, -0.2) is 0 Å². The van der Waals surface area contributed by atoms with Gasteiger partial charge < -0.3 is 10.4 Å². The van der Waals surface area contributed by atoms with Crippen LogP contribution in [0.5, 0.6) is 0 Å². The van der Waals surface area contributed by atoms with E-state index in [1.54, 1.807) is 11.8 Å². The largest absolute Gasteiger partial charge is 0.394 e. The molecule has 0 amide bonds. The number of thioether (sulfide) groups is 1. The Morgan fingerprint density at radius 3 is 2.35 bits per heavy atom. The van der Waals surface area contributed by atoms with Crippen molar-refractivity contribution in [1.82, 2.24) is 5.32 Å². The highest BCUT2D eigenvalue weighted by Gasteiger charge is 2.26. The molecule has 0 aliphatic carbocycles. The highest BCUT2D eigenvalue weighted by molar-refractivity contribution is 7.98. The van der Waals surface area contributed by atoms with Crippen LogP contribution in [-0.4, -0.2) is 24.0 Å². The second-order valence-electron chi connectivity index (χ2n) is 4.67. The van der Waals surface area contributed by atoms with Crippen molar-refractivity contribution >= 4 is 11.8 Å². The second-order valence-corrected chi connectivity index (χ2v) is 5.55. The molecule has 1 aromatic rings. The van der Waals surface area contributed by atoms with E-state index >= 15 is 0 Å². The molecule has 0 aliphatic heterocycles. The predicted molar refractivity (Wildman–Crippen MR) is 75.5 cm³/mol. The van der Waals surface area contributed by atoms with Gasteiger partial charge >= 0.3 is 0 Å². The lowest BCUT2D eigenvalue weighted by molar-refractivity contribution is 0.162. The molecule has 0 heterocycles. The molecule has 0 saturated heterocycles. The summed E-state index contributed by atoms with van der Waals surface area (Å²) in [4.78, 5) is 1.25. The van der Waals surface area contributed by atoms with Crippen LogP contribution in [0, 0.1) is 0 Å². The highest BCUT2D eigenvalue weighted by Crippen LogP contribution is 2.24. The summed E-state index contributed by atoms with van der Waals surface area (Å²) in [5, 5.41) is 13.1. The van der Waals surface area contributed by atoms with Crippen molar-refractivity contribution in [2.24, 2.45) is 0 Å². The molecule has 96 valence electrons. The normalized spacial score (nSPS) is 16.5. The van der Waals surface area contributed by atoms with Gasteiger partial charge in [0.2, 0.25) is 0 Å². The van der Waals surface area contributed by atoms with Gasteiger partial charge in [-0.05, 0) is 44.2 Å². The van der Waals surface area contributed by atoms with Crippen molar-refractivity contribution in [3.8, 4) is 0 Å².